The van der Waals surface area contributed by atoms with Gasteiger partial charge in [-0.2, -0.15) is 5.26 Å². The highest BCUT2D eigenvalue weighted by Gasteiger charge is 1.97. The largest absolute Gasteiger partial charge is 0.304 e. The molecule has 0 unspecified atom stereocenters. The molecule has 0 bridgehead atoms. The number of aromatic nitrogens is 1. The Morgan fingerprint density at radius 2 is 2.25 bits per heavy atom. The van der Waals surface area contributed by atoms with Crippen LogP contribution in [0.5, 0.6) is 0 Å². The van der Waals surface area contributed by atoms with Crippen LogP contribution in [0, 0.1) is 11.3 Å². The van der Waals surface area contributed by atoms with E-state index in [2.05, 4.69) is 4.98 Å². The fraction of sp³-hybridized carbons (Fsp3) is 0.333. The summed E-state index contributed by atoms with van der Waals surface area (Å²) in [4.78, 5) is 6.15. The van der Waals surface area contributed by atoms with Gasteiger partial charge in [-0.15, -0.1) is 0 Å². The van der Waals surface area contributed by atoms with E-state index in [0.29, 0.717) is 5.69 Å². The van der Waals surface area contributed by atoms with Crippen molar-refractivity contribution in [3.05, 3.63) is 29.6 Å². The smallest absolute Gasteiger partial charge is 0.140 e. The molecule has 0 atom stereocenters. The van der Waals surface area contributed by atoms with Crippen LogP contribution < -0.4 is 0 Å². The van der Waals surface area contributed by atoms with E-state index in [1.165, 1.54) is 0 Å². The Balaban J connectivity index is 2.81. The van der Waals surface area contributed by atoms with Gasteiger partial charge in [0.15, 0.2) is 0 Å². The number of pyridine rings is 1. The molecule has 0 aliphatic carbocycles. The van der Waals surface area contributed by atoms with Gasteiger partial charge in [0.1, 0.15) is 11.8 Å². The summed E-state index contributed by atoms with van der Waals surface area (Å²) < 4.78 is 0. The van der Waals surface area contributed by atoms with E-state index in [0.717, 1.165) is 12.2 Å². The summed E-state index contributed by atoms with van der Waals surface area (Å²) >= 11 is 0. The van der Waals surface area contributed by atoms with Crippen molar-refractivity contribution in [2.45, 2.75) is 6.54 Å². The van der Waals surface area contributed by atoms with Crippen LogP contribution in [0.25, 0.3) is 0 Å². The van der Waals surface area contributed by atoms with Crippen molar-refractivity contribution in [2.75, 3.05) is 14.1 Å². The summed E-state index contributed by atoms with van der Waals surface area (Å²) in [5, 5.41) is 8.57. The average molecular weight is 161 g/mol. The van der Waals surface area contributed by atoms with Gasteiger partial charge >= 0.3 is 0 Å². The first kappa shape index (κ1) is 8.69. The summed E-state index contributed by atoms with van der Waals surface area (Å²) in [6.45, 7) is 0.773. The van der Waals surface area contributed by atoms with Crippen molar-refractivity contribution < 1.29 is 0 Å². The second-order valence-corrected chi connectivity index (χ2v) is 2.86. The van der Waals surface area contributed by atoms with E-state index in [1.54, 1.807) is 6.07 Å². The van der Waals surface area contributed by atoms with Crippen molar-refractivity contribution in [3.63, 3.8) is 0 Å². The Hall–Kier alpha value is -1.40. The van der Waals surface area contributed by atoms with E-state index in [1.807, 2.05) is 37.2 Å². The van der Waals surface area contributed by atoms with Gasteiger partial charge in [-0.05, 0) is 26.2 Å². The van der Waals surface area contributed by atoms with Crippen molar-refractivity contribution in [3.8, 4) is 6.07 Å². The highest BCUT2D eigenvalue weighted by Crippen LogP contribution is 1.99. The molecule has 3 heteroatoms. The maximum atomic E-state index is 8.57. The molecule has 1 aromatic rings. The van der Waals surface area contributed by atoms with Crippen LogP contribution in [0.2, 0.25) is 0 Å². The summed E-state index contributed by atoms with van der Waals surface area (Å²) in [6.07, 6.45) is 0. The number of nitrogens with zero attached hydrogens (tertiary/aromatic N) is 3. The summed E-state index contributed by atoms with van der Waals surface area (Å²) in [5.41, 5.74) is 1.41. The molecule has 1 rings (SSSR count). The predicted octanol–water partition coefficient (Wildman–Crippen LogP) is 1.01. The van der Waals surface area contributed by atoms with Gasteiger partial charge < -0.3 is 4.90 Å². The minimum Gasteiger partial charge on any atom is -0.304 e. The molecular weight excluding hydrogens is 150 g/mol. The normalized spacial score (nSPS) is 9.83. The standard InChI is InChI=1S/C9H11N3/c1-12(2)7-9-5-3-4-8(6-10)11-9/h3-5H,7H2,1-2H3. The number of rotatable bonds is 2. The zero-order valence-electron chi connectivity index (χ0n) is 7.28. The first-order valence-corrected chi connectivity index (χ1v) is 3.73. The third-order valence-electron chi connectivity index (χ3n) is 1.40. The topological polar surface area (TPSA) is 39.9 Å². The molecule has 0 amide bonds. The maximum absolute atomic E-state index is 8.57. The predicted molar refractivity (Wildman–Crippen MR) is 46.3 cm³/mol. The van der Waals surface area contributed by atoms with Gasteiger partial charge in [0.05, 0.1) is 5.69 Å². The van der Waals surface area contributed by atoms with Crippen LogP contribution in [0.1, 0.15) is 11.4 Å². The lowest BCUT2D eigenvalue weighted by atomic mass is 10.3. The van der Waals surface area contributed by atoms with Crippen LogP contribution in [0.3, 0.4) is 0 Å². The third kappa shape index (κ3) is 2.33. The Kier molecular flexibility index (Phi) is 2.78. The van der Waals surface area contributed by atoms with Gasteiger partial charge in [-0.1, -0.05) is 6.07 Å². The molecule has 0 aromatic carbocycles. The molecule has 0 fully saturated rings. The van der Waals surface area contributed by atoms with Crippen LogP contribution in [-0.2, 0) is 6.54 Å². The minimum atomic E-state index is 0.481. The molecule has 62 valence electrons. The SMILES string of the molecule is CN(C)Cc1cccc(C#N)n1. The molecule has 0 radical (unpaired) electrons. The highest BCUT2D eigenvalue weighted by molar-refractivity contribution is 5.21. The molecule has 1 aromatic heterocycles. The van der Waals surface area contributed by atoms with E-state index in [9.17, 15) is 0 Å². The molecule has 0 spiro atoms. The number of nitriles is 1. The molecule has 0 aliphatic heterocycles. The monoisotopic (exact) mass is 161 g/mol. The second-order valence-electron chi connectivity index (χ2n) is 2.86. The highest BCUT2D eigenvalue weighted by atomic mass is 15.1. The Morgan fingerprint density at radius 1 is 1.50 bits per heavy atom. The number of hydrogen-bond acceptors (Lipinski definition) is 3. The maximum Gasteiger partial charge on any atom is 0.140 e. The molecule has 0 N–H and O–H groups in total. The lowest BCUT2D eigenvalue weighted by molar-refractivity contribution is 0.397. The molecular formula is C9H11N3. The van der Waals surface area contributed by atoms with E-state index >= 15 is 0 Å². The first-order chi connectivity index (χ1) is 5.72. The van der Waals surface area contributed by atoms with Gasteiger partial charge in [-0.25, -0.2) is 4.98 Å². The van der Waals surface area contributed by atoms with Crippen LogP contribution in [0.4, 0.5) is 0 Å². The van der Waals surface area contributed by atoms with Gasteiger partial charge in [0, 0.05) is 6.54 Å². The fourth-order valence-corrected chi connectivity index (χ4v) is 0.954. The van der Waals surface area contributed by atoms with Gasteiger partial charge in [-0.3, -0.25) is 0 Å². The van der Waals surface area contributed by atoms with E-state index < -0.39 is 0 Å². The van der Waals surface area contributed by atoms with Gasteiger partial charge in [0.25, 0.3) is 0 Å². The average Bonchev–Trinajstić information content (AvgIpc) is 2.03. The van der Waals surface area contributed by atoms with E-state index in [4.69, 9.17) is 5.26 Å². The molecule has 1 heterocycles. The Labute approximate surface area is 72.3 Å². The van der Waals surface area contributed by atoms with Gasteiger partial charge in [0.2, 0.25) is 0 Å². The Bertz CT molecular complexity index is 299. The zero-order valence-corrected chi connectivity index (χ0v) is 7.28. The van der Waals surface area contributed by atoms with Crippen LogP contribution >= 0.6 is 0 Å². The summed E-state index contributed by atoms with van der Waals surface area (Å²) in [5.74, 6) is 0. The van der Waals surface area contributed by atoms with Crippen molar-refractivity contribution in [2.24, 2.45) is 0 Å². The molecule has 12 heavy (non-hydrogen) atoms. The summed E-state index contributed by atoms with van der Waals surface area (Å²) in [7, 11) is 3.95. The molecule has 3 nitrogen and oxygen atoms in total. The third-order valence-corrected chi connectivity index (χ3v) is 1.40. The summed E-state index contributed by atoms with van der Waals surface area (Å²) in [6, 6.07) is 7.49. The van der Waals surface area contributed by atoms with Crippen LogP contribution in [0.15, 0.2) is 18.2 Å². The number of hydrogen-bond donors (Lipinski definition) is 0. The molecule has 0 aliphatic rings. The quantitative estimate of drug-likeness (QED) is 0.650. The van der Waals surface area contributed by atoms with Crippen molar-refractivity contribution >= 4 is 0 Å². The molecule has 0 saturated heterocycles. The lowest BCUT2D eigenvalue weighted by Gasteiger charge is -2.07. The zero-order chi connectivity index (χ0) is 8.97. The lowest BCUT2D eigenvalue weighted by Crippen LogP contribution is -2.11. The Morgan fingerprint density at radius 3 is 2.83 bits per heavy atom. The second kappa shape index (κ2) is 3.84. The van der Waals surface area contributed by atoms with E-state index in [-0.39, 0.29) is 0 Å². The minimum absolute atomic E-state index is 0.481. The van der Waals surface area contributed by atoms with Crippen molar-refractivity contribution in [1.82, 2.24) is 9.88 Å². The van der Waals surface area contributed by atoms with Crippen molar-refractivity contribution in [1.29, 1.82) is 5.26 Å². The fourth-order valence-electron chi connectivity index (χ4n) is 0.954. The van der Waals surface area contributed by atoms with Crippen LogP contribution in [-0.4, -0.2) is 24.0 Å². The first-order valence-electron chi connectivity index (χ1n) is 3.73. The molecule has 0 saturated carbocycles.